The highest BCUT2D eigenvalue weighted by Gasteiger charge is 2.30. The molecule has 12 heavy (non-hydrogen) atoms. The van der Waals surface area contributed by atoms with Gasteiger partial charge in [0.05, 0.1) is 6.10 Å². The predicted octanol–water partition coefficient (Wildman–Crippen LogP) is 1.90. The highest BCUT2D eigenvalue weighted by Crippen LogP contribution is 2.19. The topological polar surface area (TPSA) is 12.5 Å². The molecule has 2 heteroatoms. The lowest BCUT2D eigenvalue weighted by atomic mass is 10.0. The van der Waals surface area contributed by atoms with Gasteiger partial charge in [0.25, 0.3) is 0 Å². The molecule has 72 valence electrons. The number of hydrogen-bond donors (Lipinski definition) is 0. The molecule has 0 amide bonds. The molecule has 0 aliphatic carbocycles. The molecule has 0 radical (unpaired) electrons. The third kappa shape index (κ3) is 2.20. The lowest BCUT2D eigenvalue weighted by Crippen LogP contribution is -2.55. The average Bonchev–Trinajstić information content (AvgIpc) is 2.01. The molecule has 0 aromatic heterocycles. The third-order valence-corrected chi connectivity index (χ3v) is 2.82. The van der Waals surface area contributed by atoms with Gasteiger partial charge in [0.15, 0.2) is 0 Å². The molecule has 0 saturated carbocycles. The predicted molar refractivity (Wildman–Crippen MR) is 51.4 cm³/mol. The van der Waals surface area contributed by atoms with E-state index < -0.39 is 0 Å². The van der Waals surface area contributed by atoms with Crippen LogP contribution in [-0.4, -0.2) is 37.2 Å². The van der Waals surface area contributed by atoms with Crippen LogP contribution < -0.4 is 0 Å². The van der Waals surface area contributed by atoms with Crippen molar-refractivity contribution in [1.82, 2.24) is 4.90 Å². The van der Waals surface area contributed by atoms with E-state index in [4.69, 9.17) is 4.74 Å². The Hall–Kier alpha value is -0.0800. The fourth-order valence-corrected chi connectivity index (χ4v) is 1.89. The second-order valence-electron chi connectivity index (χ2n) is 3.66. The normalized spacial score (nSPS) is 22.2. The van der Waals surface area contributed by atoms with Gasteiger partial charge < -0.3 is 4.74 Å². The van der Waals surface area contributed by atoms with Gasteiger partial charge in [0.2, 0.25) is 0 Å². The minimum Gasteiger partial charge on any atom is -0.379 e. The van der Waals surface area contributed by atoms with Gasteiger partial charge >= 0.3 is 0 Å². The van der Waals surface area contributed by atoms with Gasteiger partial charge in [0.1, 0.15) is 0 Å². The van der Waals surface area contributed by atoms with E-state index in [2.05, 4.69) is 18.7 Å². The summed E-state index contributed by atoms with van der Waals surface area (Å²) in [5.74, 6) is 0. The first-order valence-corrected chi connectivity index (χ1v) is 5.08. The summed E-state index contributed by atoms with van der Waals surface area (Å²) in [7, 11) is 1.81. The van der Waals surface area contributed by atoms with Crippen molar-refractivity contribution in [2.75, 3.05) is 20.2 Å². The molecule has 1 unspecified atom stereocenters. The van der Waals surface area contributed by atoms with Crippen LogP contribution in [0.15, 0.2) is 0 Å². The molecule has 1 rings (SSSR count). The van der Waals surface area contributed by atoms with Gasteiger partial charge in [-0.1, -0.05) is 20.3 Å². The summed E-state index contributed by atoms with van der Waals surface area (Å²) < 4.78 is 5.25. The quantitative estimate of drug-likeness (QED) is 0.626. The molecule has 2 nitrogen and oxygen atoms in total. The number of likely N-dealkylation sites (tertiary alicyclic amines) is 1. The Kier molecular flexibility index (Phi) is 4.02. The Bertz CT molecular complexity index is 121. The number of hydrogen-bond acceptors (Lipinski definition) is 2. The molecule has 1 heterocycles. The minimum atomic E-state index is 0.510. The summed E-state index contributed by atoms with van der Waals surface area (Å²) in [6.45, 7) is 6.83. The van der Waals surface area contributed by atoms with Crippen molar-refractivity contribution >= 4 is 0 Å². The highest BCUT2D eigenvalue weighted by molar-refractivity contribution is 4.85. The summed E-state index contributed by atoms with van der Waals surface area (Å²) in [5.41, 5.74) is 0. The first-order valence-electron chi connectivity index (χ1n) is 5.08. The van der Waals surface area contributed by atoms with Crippen LogP contribution in [-0.2, 0) is 4.74 Å². The molecule has 0 N–H and O–H groups in total. The van der Waals surface area contributed by atoms with Crippen LogP contribution >= 0.6 is 0 Å². The molecule has 1 aliphatic rings. The molecule has 1 atom stereocenters. The summed E-state index contributed by atoms with van der Waals surface area (Å²) >= 11 is 0. The van der Waals surface area contributed by atoms with Gasteiger partial charge in [-0.05, 0) is 12.8 Å². The largest absolute Gasteiger partial charge is 0.379 e. The van der Waals surface area contributed by atoms with E-state index in [1.54, 1.807) is 0 Å². The van der Waals surface area contributed by atoms with Crippen molar-refractivity contribution in [3.63, 3.8) is 0 Å². The maximum absolute atomic E-state index is 5.25. The molecule has 0 aromatic rings. The van der Waals surface area contributed by atoms with Crippen LogP contribution in [0.4, 0.5) is 0 Å². The van der Waals surface area contributed by atoms with Crippen molar-refractivity contribution < 1.29 is 4.74 Å². The van der Waals surface area contributed by atoms with Crippen LogP contribution in [0.1, 0.15) is 33.1 Å². The van der Waals surface area contributed by atoms with E-state index in [9.17, 15) is 0 Å². The SMILES string of the molecule is CCCC(CC)N1CC(OC)C1. The Morgan fingerprint density at radius 3 is 2.50 bits per heavy atom. The smallest absolute Gasteiger partial charge is 0.0825 e. The molecule has 0 bridgehead atoms. The molecule has 0 spiro atoms. The van der Waals surface area contributed by atoms with Crippen LogP contribution in [0, 0.1) is 0 Å². The first-order chi connectivity index (χ1) is 5.81. The van der Waals surface area contributed by atoms with E-state index in [0.717, 1.165) is 19.1 Å². The summed E-state index contributed by atoms with van der Waals surface area (Å²) in [4.78, 5) is 2.54. The second kappa shape index (κ2) is 4.83. The molecule has 1 saturated heterocycles. The standard InChI is InChI=1S/C10H21NO/c1-4-6-9(5-2)11-7-10(8-11)12-3/h9-10H,4-8H2,1-3H3. The number of rotatable bonds is 5. The minimum absolute atomic E-state index is 0.510. The maximum atomic E-state index is 5.25. The maximum Gasteiger partial charge on any atom is 0.0825 e. The Balaban J connectivity index is 2.19. The van der Waals surface area contributed by atoms with Gasteiger partial charge in [-0.2, -0.15) is 0 Å². The van der Waals surface area contributed by atoms with Crippen LogP contribution in [0.3, 0.4) is 0 Å². The van der Waals surface area contributed by atoms with Gasteiger partial charge in [0, 0.05) is 26.2 Å². The Labute approximate surface area is 75.9 Å². The zero-order chi connectivity index (χ0) is 8.97. The van der Waals surface area contributed by atoms with Crippen LogP contribution in [0.2, 0.25) is 0 Å². The molecule has 1 fully saturated rings. The van der Waals surface area contributed by atoms with Gasteiger partial charge in [-0.3, -0.25) is 4.90 Å². The van der Waals surface area contributed by atoms with Crippen LogP contribution in [0.25, 0.3) is 0 Å². The fourth-order valence-electron chi connectivity index (χ4n) is 1.89. The van der Waals surface area contributed by atoms with Crippen molar-refractivity contribution in [1.29, 1.82) is 0 Å². The first kappa shape index (κ1) is 10.0. The molecule has 1 aliphatic heterocycles. The number of nitrogens with zero attached hydrogens (tertiary/aromatic N) is 1. The van der Waals surface area contributed by atoms with Crippen molar-refractivity contribution in [2.45, 2.75) is 45.3 Å². The highest BCUT2D eigenvalue weighted by atomic mass is 16.5. The zero-order valence-corrected chi connectivity index (χ0v) is 8.55. The lowest BCUT2D eigenvalue weighted by molar-refractivity contribution is -0.0528. The van der Waals surface area contributed by atoms with Gasteiger partial charge in [-0.25, -0.2) is 0 Å². The van der Waals surface area contributed by atoms with E-state index in [1.807, 2.05) is 7.11 Å². The lowest BCUT2D eigenvalue weighted by Gasteiger charge is -2.43. The Morgan fingerprint density at radius 1 is 1.42 bits per heavy atom. The number of ether oxygens (including phenoxy) is 1. The molecular formula is C10H21NO. The van der Waals surface area contributed by atoms with Crippen molar-refractivity contribution in [3.8, 4) is 0 Å². The van der Waals surface area contributed by atoms with Crippen LogP contribution in [0.5, 0.6) is 0 Å². The monoisotopic (exact) mass is 171 g/mol. The van der Waals surface area contributed by atoms with E-state index in [-0.39, 0.29) is 0 Å². The second-order valence-corrected chi connectivity index (χ2v) is 3.66. The molecular weight excluding hydrogens is 150 g/mol. The van der Waals surface area contributed by atoms with E-state index in [0.29, 0.717) is 6.10 Å². The van der Waals surface area contributed by atoms with Crippen molar-refractivity contribution in [2.24, 2.45) is 0 Å². The fraction of sp³-hybridized carbons (Fsp3) is 1.00. The van der Waals surface area contributed by atoms with E-state index >= 15 is 0 Å². The van der Waals surface area contributed by atoms with E-state index in [1.165, 1.54) is 19.3 Å². The average molecular weight is 171 g/mol. The summed E-state index contributed by atoms with van der Waals surface area (Å²) in [5, 5.41) is 0. The number of methoxy groups -OCH3 is 1. The third-order valence-electron chi connectivity index (χ3n) is 2.82. The summed E-state index contributed by atoms with van der Waals surface area (Å²) in [6, 6.07) is 0.807. The molecule has 0 aromatic carbocycles. The Morgan fingerprint density at radius 2 is 2.08 bits per heavy atom. The zero-order valence-electron chi connectivity index (χ0n) is 8.55. The summed E-state index contributed by atoms with van der Waals surface area (Å²) in [6.07, 6.45) is 4.43. The van der Waals surface area contributed by atoms with Crippen molar-refractivity contribution in [3.05, 3.63) is 0 Å². The van der Waals surface area contributed by atoms with Gasteiger partial charge in [-0.15, -0.1) is 0 Å².